The molecule has 0 radical (unpaired) electrons. The quantitative estimate of drug-likeness (QED) is 0.441. The van der Waals surface area contributed by atoms with E-state index in [0.717, 1.165) is 0 Å². The number of para-hydroxylation sites is 1. The van der Waals surface area contributed by atoms with E-state index < -0.39 is 0 Å². The first kappa shape index (κ1) is 25.1. The van der Waals surface area contributed by atoms with Gasteiger partial charge in [0, 0.05) is 29.4 Å². The maximum Gasteiger partial charge on any atom is 0.259 e. The summed E-state index contributed by atoms with van der Waals surface area (Å²) in [6.45, 7) is 1.19. The van der Waals surface area contributed by atoms with Crippen LogP contribution in [0.15, 0.2) is 66.7 Å². The summed E-state index contributed by atoms with van der Waals surface area (Å²) in [6.07, 6.45) is 0.643. The lowest BCUT2D eigenvalue weighted by Crippen LogP contribution is -2.32. The molecule has 0 unspecified atom stereocenters. The Kier molecular flexibility index (Phi) is 8.90. The summed E-state index contributed by atoms with van der Waals surface area (Å²) >= 11 is 6.45. The van der Waals surface area contributed by atoms with Crippen LogP contribution in [-0.4, -0.2) is 44.0 Å². The van der Waals surface area contributed by atoms with Gasteiger partial charge in [-0.2, -0.15) is 0 Å². The van der Waals surface area contributed by atoms with Gasteiger partial charge in [-0.25, -0.2) is 0 Å². The molecule has 0 bridgehead atoms. The van der Waals surface area contributed by atoms with E-state index in [4.69, 9.17) is 26.8 Å². The largest absolute Gasteiger partial charge is 0.497 e. The van der Waals surface area contributed by atoms with E-state index in [9.17, 15) is 9.59 Å². The molecule has 0 heterocycles. The van der Waals surface area contributed by atoms with Crippen LogP contribution in [0.25, 0.3) is 0 Å². The van der Waals surface area contributed by atoms with E-state index in [-0.39, 0.29) is 18.4 Å². The van der Waals surface area contributed by atoms with E-state index >= 15 is 0 Å². The number of halogens is 1. The summed E-state index contributed by atoms with van der Waals surface area (Å²) in [5.74, 6) is 0.703. The third-order valence-corrected chi connectivity index (χ3v) is 5.64. The molecule has 34 heavy (non-hydrogen) atoms. The first-order chi connectivity index (χ1) is 16.5. The number of hydrogen-bond acceptors (Lipinski definition) is 5. The van der Waals surface area contributed by atoms with Gasteiger partial charge in [0.2, 0.25) is 0 Å². The minimum atomic E-state index is -0.306. The highest BCUT2D eigenvalue weighted by Crippen LogP contribution is 2.25. The predicted molar refractivity (Wildman–Crippen MR) is 134 cm³/mol. The van der Waals surface area contributed by atoms with Crippen LogP contribution in [0.4, 0.5) is 5.69 Å². The number of methoxy groups -OCH3 is 2. The van der Waals surface area contributed by atoms with Gasteiger partial charge in [0.15, 0.2) is 0 Å². The standard InChI is InChI=1S/C26H28ClN3O4/c1-33-21-11-8-18(9-12-21)26(32)30(15-5-14-28)17-19-16-20(10-13-23(19)27)29-25(31)22-6-3-4-7-24(22)34-2/h3-4,6-13,16H,5,14-15,17,28H2,1-2H3,(H,29,31). The van der Waals surface area contributed by atoms with Crippen LogP contribution in [-0.2, 0) is 6.54 Å². The number of benzene rings is 3. The Morgan fingerprint density at radius 2 is 1.74 bits per heavy atom. The molecule has 0 aliphatic rings. The van der Waals surface area contributed by atoms with Crippen molar-refractivity contribution < 1.29 is 19.1 Å². The van der Waals surface area contributed by atoms with E-state index in [1.807, 2.05) is 0 Å². The highest BCUT2D eigenvalue weighted by atomic mass is 35.5. The van der Waals surface area contributed by atoms with Crippen molar-refractivity contribution in [2.24, 2.45) is 5.73 Å². The zero-order valence-corrected chi connectivity index (χ0v) is 20.0. The zero-order valence-electron chi connectivity index (χ0n) is 19.2. The van der Waals surface area contributed by atoms with Gasteiger partial charge in [-0.1, -0.05) is 23.7 Å². The van der Waals surface area contributed by atoms with E-state index in [1.54, 1.807) is 78.7 Å². The molecule has 0 atom stereocenters. The summed E-state index contributed by atoms with van der Waals surface area (Å²) in [5.41, 5.74) is 7.92. The van der Waals surface area contributed by atoms with Crippen molar-refractivity contribution in [3.05, 3.63) is 88.4 Å². The Morgan fingerprint density at radius 1 is 1.00 bits per heavy atom. The maximum atomic E-state index is 13.2. The molecule has 0 aliphatic heterocycles. The van der Waals surface area contributed by atoms with Crippen molar-refractivity contribution >= 4 is 29.1 Å². The zero-order chi connectivity index (χ0) is 24.5. The van der Waals surface area contributed by atoms with Crippen molar-refractivity contribution in [1.29, 1.82) is 0 Å². The van der Waals surface area contributed by atoms with Crippen LogP contribution < -0.4 is 20.5 Å². The van der Waals surface area contributed by atoms with Gasteiger partial charge in [-0.15, -0.1) is 0 Å². The molecule has 0 aliphatic carbocycles. The van der Waals surface area contributed by atoms with Gasteiger partial charge in [0.05, 0.1) is 19.8 Å². The molecule has 3 aromatic carbocycles. The van der Waals surface area contributed by atoms with Gasteiger partial charge in [0.1, 0.15) is 11.5 Å². The summed E-state index contributed by atoms with van der Waals surface area (Å²) in [6, 6.07) is 19.1. The van der Waals surface area contributed by atoms with Gasteiger partial charge >= 0.3 is 0 Å². The molecule has 2 amide bonds. The summed E-state index contributed by atoms with van der Waals surface area (Å²) in [5, 5.41) is 3.37. The second-order valence-electron chi connectivity index (χ2n) is 7.56. The number of hydrogen-bond donors (Lipinski definition) is 2. The van der Waals surface area contributed by atoms with Crippen LogP contribution in [0.1, 0.15) is 32.7 Å². The molecule has 0 saturated heterocycles. The molecular weight excluding hydrogens is 454 g/mol. The highest BCUT2D eigenvalue weighted by Gasteiger charge is 2.18. The lowest BCUT2D eigenvalue weighted by molar-refractivity contribution is 0.0742. The number of carbonyl (C=O) groups is 2. The number of rotatable bonds is 10. The molecule has 3 aromatic rings. The third-order valence-electron chi connectivity index (χ3n) is 5.27. The molecule has 3 N–H and O–H groups in total. The lowest BCUT2D eigenvalue weighted by atomic mass is 10.1. The fourth-order valence-corrected chi connectivity index (χ4v) is 3.64. The molecule has 8 heteroatoms. The monoisotopic (exact) mass is 481 g/mol. The van der Waals surface area contributed by atoms with Crippen LogP contribution in [0.3, 0.4) is 0 Å². The van der Waals surface area contributed by atoms with Crippen molar-refractivity contribution in [3.8, 4) is 11.5 Å². The number of anilines is 1. The Bertz CT molecular complexity index is 1140. The molecule has 0 fully saturated rings. The Hall–Kier alpha value is -3.55. The molecule has 0 saturated carbocycles. The molecule has 0 spiro atoms. The van der Waals surface area contributed by atoms with Crippen molar-refractivity contribution in [3.63, 3.8) is 0 Å². The molecule has 7 nitrogen and oxygen atoms in total. The average Bonchev–Trinajstić information content (AvgIpc) is 2.87. The van der Waals surface area contributed by atoms with Crippen molar-refractivity contribution in [1.82, 2.24) is 4.90 Å². The predicted octanol–water partition coefficient (Wildman–Crippen LogP) is 4.60. The Balaban J connectivity index is 1.81. The van der Waals surface area contributed by atoms with Crippen LogP contribution in [0.2, 0.25) is 5.02 Å². The normalized spacial score (nSPS) is 10.5. The van der Waals surface area contributed by atoms with E-state index in [0.29, 0.717) is 58.4 Å². The second kappa shape index (κ2) is 12.1. The van der Waals surface area contributed by atoms with Gasteiger partial charge < -0.3 is 25.4 Å². The Morgan fingerprint density at radius 3 is 2.41 bits per heavy atom. The summed E-state index contributed by atoms with van der Waals surface area (Å²) < 4.78 is 10.5. The van der Waals surface area contributed by atoms with E-state index in [2.05, 4.69) is 5.32 Å². The smallest absolute Gasteiger partial charge is 0.259 e. The van der Waals surface area contributed by atoms with Crippen LogP contribution in [0, 0.1) is 0 Å². The minimum Gasteiger partial charge on any atom is -0.497 e. The van der Waals surface area contributed by atoms with Crippen LogP contribution in [0.5, 0.6) is 11.5 Å². The van der Waals surface area contributed by atoms with Gasteiger partial charge in [-0.05, 0) is 73.1 Å². The first-order valence-electron chi connectivity index (χ1n) is 10.8. The molecule has 178 valence electrons. The number of nitrogens with zero attached hydrogens (tertiary/aromatic N) is 1. The summed E-state index contributed by atoms with van der Waals surface area (Å²) in [4.78, 5) is 27.7. The maximum absolute atomic E-state index is 13.2. The number of ether oxygens (including phenoxy) is 2. The first-order valence-corrected chi connectivity index (χ1v) is 11.2. The number of nitrogens with one attached hydrogen (secondary N) is 1. The highest BCUT2D eigenvalue weighted by molar-refractivity contribution is 6.31. The molecule has 3 rings (SSSR count). The fourth-order valence-electron chi connectivity index (χ4n) is 3.46. The number of nitrogens with two attached hydrogens (primary N) is 1. The number of amides is 2. The lowest BCUT2D eigenvalue weighted by Gasteiger charge is -2.24. The Labute approximate surface area is 204 Å². The molecular formula is C26H28ClN3O4. The van der Waals surface area contributed by atoms with Crippen molar-refractivity contribution in [2.45, 2.75) is 13.0 Å². The summed E-state index contributed by atoms with van der Waals surface area (Å²) in [7, 11) is 3.09. The van der Waals surface area contributed by atoms with Crippen LogP contribution >= 0.6 is 11.6 Å². The molecule has 0 aromatic heterocycles. The third kappa shape index (κ3) is 6.27. The topological polar surface area (TPSA) is 93.9 Å². The van der Waals surface area contributed by atoms with Gasteiger partial charge in [0.25, 0.3) is 11.8 Å². The average molecular weight is 482 g/mol. The van der Waals surface area contributed by atoms with Gasteiger partial charge in [-0.3, -0.25) is 9.59 Å². The SMILES string of the molecule is COc1ccc(C(=O)N(CCCN)Cc2cc(NC(=O)c3ccccc3OC)ccc2Cl)cc1. The van der Waals surface area contributed by atoms with Crippen molar-refractivity contribution in [2.75, 3.05) is 32.6 Å². The number of carbonyl (C=O) groups excluding carboxylic acids is 2. The second-order valence-corrected chi connectivity index (χ2v) is 7.97. The fraction of sp³-hybridized carbons (Fsp3) is 0.231. The minimum absolute atomic E-state index is 0.143. The van der Waals surface area contributed by atoms with E-state index in [1.165, 1.54) is 7.11 Å².